The Morgan fingerprint density at radius 2 is 1.45 bits per heavy atom. The lowest BCUT2D eigenvalue weighted by Crippen LogP contribution is -2.67. The summed E-state index contributed by atoms with van der Waals surface area (Å²) >= 11 is 0. The van der Waals surface area contributed by atoms with E-state index in [1.165, 1.54) is 10.4 Å². The molecule has 4 atom stereocenters. The number of aldehydes is 1. The lowest BCUT2D eigenvalue weighted by atomic mass is 9.89. The number of rotatable bonds is 13. The van der Waals surface area contributed by atoms with Crippen molar-refractivity contribution >= 4 is 33.3 Å². The van der Waals surface area contributed by atoms with Crippen LogP contribution in [0.4, 0.5) is 0 Å². The third kappa shape index (κ3) is 7.48. The van der Waals surface area contributed by atoms with E-state index in [9.17, 15) is 4.79 Å². The highest BCUT2D eigenvalue weighted by atomic mass is 28.4. The topological polar surface area (TPSA) is 63.2 Å². The molecule has 2 aliphatic rings. The van der Waals surface area contributed by atoms with Crippen LogP contribution in [0.1, 0.15) is 74.1 Å². The van der Waals surface area contributed by atoms with Gasteiger partial charge in [0.2, 0.25) is 0 Å². The molecule has 2 saturated heterocycles. The molecule has 2 aromatic rings. The van der Waals surface area contributed by atoms with Crippen molar-refractivity contribution in [1.82, 2.24) is 0 Å². The number of hydrogen-bond donors (Lipinski definition) is 0. The summed E-state index contributed by atoms with van der Waals surface area (Å²) < 4.78 is 33.6. The van der Waals surface area contributed by atoms with Crippen LogP contribution in [0.3, 0.4) is 0 Å². The molecule has 0 saturated carbocycles. The Morgan fingerprint density at radius 3 is 1.93 bits per heavy atom. The van der Waals surface area contributed by atoms with E-state index in [4.69, 9.17) is 23.1 Å². The molecule has 44 heavy (non-hydrogen) atoms. The SMILES string of the molecule is C[C@@H](C[C@@H]1O[C@@H](CO[Si](c2ccccc2)(c2ccccc2)C(C)(C)C)C[C@@H]1O[Si](C)(C)C(C)(C)C)C1(CCC=O)OCCO1. The van der Waals surface area contributed by atoms with Gasteiger partial charge in [-0.2, -0.15) is 0 Å². The van der Waals surface area contributed by atoms with Crippen molar-refractivity contribution in [3.8, 4) is 0 Å². The fourth-order valence-corrected chi connectivity index (χ4v) is 12.7. The van der Waals surface area contributed by atoms with Crippen molar-refractivity contribution in [3.05, 3.63) is 60.7 Å². The number of hydrogen-bond acceptors (Lipinski definition) is 6. The summed E-state index contributed by atoms with van der Waals surface area (Å²) in [7, 11) is -4.78. The van der Waals surface area contributed by atoms with Crippen molar-refractivity contribution in [2.75, 3.05) is 19.8 Å². The van der Waals surface area contributed by atoms with E-state index < -0.39 is 22.4 Å². The monoisotopic (exact) mass is 640 g/mol. The largest absolute Gasteiger partial charge is 0.411 e. The van der Waals surface area contributed by atoms with Gasteiger partial charge in [0.15, 0.2) is 14.1 Å². The van der Waals surface area contributed by atoms with Crippen molar-refractivity contribution in [3.63, 3.8) is 0 Å². The summed E-state index contributed by atoms with van der Waals surface area (Å²) in [6.45, 7) is 22.2. The Morgan fingerprint density at radius 1 is 0.909 bits per heavy atom. The van der Waals surface area contributed by atoms with E-state index in [-0.39, 0.29) is 34.3 Å². The molecular weight excluding hydrogens is 585 g/mol. The Labute approximate surface area is 268 Å². The van der Waals surface area contributed by atoms with Crippen LogP contribution in [0.5, 0.6) is 0 Å². The average molecular weight is 641 g/mol. The minimum atomic E-state index is -2.70. The zero-order valence-corrected chi connectivity index (χ0v) is 30.6. The average Bonchev–Trinajstić information content (AvgIpc) is 3.59. The fourth-order valence-electron chi connectivity index (χ4n) is 6.71. The van der Waals surface area contributed by atoms with Crippen LogP contribution in [0.2, 0.25) is 23.2 Å². The molecule has 2 aromatic carbocycles. The van der Waals surface area contributed by atoms with Crippen molar-refractivity contribution in [2.45, 2.75) is 121 Å². The van der Waals surface area contributed by atoms with Crippen LogP contribution in [0, 0.1) is 5.92 Å². The first kappa shape index (κ1) is 35.2. The number of carbonyl (C=O) groups is 1. The first-order valence-electron chi connectivity index (χ1n) is 16.4. The van der Waals surface area contributed by atoms with Gasteiger partial charge in [-0.25, -0.2) is 0 Å². The van der Waals surface area contributed by atoms with Gasteiger partial charge in [0.1, 0.15) is 6.29 Å². The van der Waals surface area contributed by atoms with Crippen LogP contribution < -0.4 is 10.4 Å². The molecule has 0 spiro atoms. The second-order valence-corrected chi connectivity index (χ2v) is 24.3. The summed E-state index contributed by atoms with van der Waals surface area (Å²) in [5, 5.41) is 2.50. The quantitative estimate of drug-likeness (QED) is 0.176. The van der Waals surface area contributed by atoms with Gasteiger partial charge in [-0.3, -0.25) is 0 Å². The van der Waals surface area contributed by atoms with Gasteiger partial charge in [-0.15, -0.1) is 0 Å². The second kappa shape index (κ2) is 14.0. The molecular formula is C36H56O6Si2. The first-order valence-corrected chi connectivity index (χ1v) is 21.3. The molecule has 0 N–H and O–H groups in total. The fraction of sp³-hybridized carbons (Fsp3) is 0.639. The maximum absolute atomic E-state index is 11.3. The van der Waals surface area contributed by atoms with E-state index >= 15 is 0 Å². The third-order valence-corrected chi connectivity index (χ3v) is 19.7. The molecule has 4 rings (SSSR count). The smallest absolute Gasteiger partial charge is 0.261 e. The van der Waals surface area contributed by atoms with E-state index in [0.29, 0.717) is 32.7 Å². The lowest BCUT2D eigenvalue weighted by molar-refractivity contribution is -0.204. The van der Waals surface area contributed by atoms with E-state index in [1.807, 2.05) is 0 Å². The van der Waals surface area contributed by atoms with Gasteiger partial charge in [0.25, 0.3) is 8.32 Å². The molecule has 8 heteroatoms. The Bertz CT molecular complexity index is 1150. The van der Waals surface area contributed by atoms with Gasteiger partial charge < -0.3 is 27.9 Å². The molecule has 0 bridgehead atoms. The number of benzene rings is 2. The molecule has 244 valence electrons. The predicted octanol–water partition coefficient (Wildman–Crippen LogP) is 6.86. The maximum Gasteiger partial charge on any atom is 0.261 e. The van der Waals surface area contributed by atoms with Crippen LogP contribution >= 0.6 is 0 Å². The molecule has 0 unspecified atom stereocenters. The molecule has 6 nitrogen and oxygen atoms in total. The normalized spacial score (nSPS) is 23.5. The van der Waals surface area contributed by atoms with E-state index in [0.717, 1.165) is 19.1 Å². The zero-order valence-electron chi connectivity index (χ0n) is 28.6. The highest BCUT2D eigenvalue weighted by molar-refractivity contribution is 6.99. The molecule has 0 radical (unpaired) electrons. The minimum absolute atomic E-state index is 0.0387. The Balaban J connectivity index is 1.62. The van der Waals surface area contributed by atoms with Crippen molar-refractivity contribution in [2.24, 2.45) is 5.92 Å². The summed E-state index contributed by atoms with van der Waals surface area (Å²) in [5.74, 6) is -0.716. The molecule has 0 aliphatic carbocycles. The second-order valence-electron chi connectivity index (χ2n) is 15.3. The Kier molecular flexibility index (Phi) is 11.2. The lowest BCUT2D eigenvalue weighted by Gasteiger charge is -2.43. The summed E-state index contributed by atoms with van der Waals surface area (Å²) in [4.78, 5) is 11.3. The molecule has 0 amide bonds. The minimum Gasteiger partial charge on any atom is -0.411 e. The number of carbonyl (C=O) groups excluding carboxylic acids is 1. The van der Waals surface area contributed by atoms with Crippen molar-refractivity contribution < 1.29 is 27.9 Å². The molecule has 0 aromatic heterocycles. The highest BCUT2D eigenvalue weighted by Gasteiger charge is 2.52. The van der Waals surface area contributed by atoms with Gasteiger partial charge in [0, 0.05) is 25.2 Å². The Hall–Kier alpha value is -1.66. The van der Waals surface area contributed by atoms with Crippen LogP contribution in [-0.2, 0) is 27.9 Å². The summed E-state index contributed by atoms with van der Waals surface area (Å²) in [6.07, 6.45) is 3.17. The summed E-state index contributed by atoms with van der Waals surface area (Å²) in [6, 6.07) is 21.6. The van der Waals surface area contributed by atoms with Gasteiger partial charge >= 0.3 is 0 Å². The van der Waals surface area contributed by atoms with E-state index in [2.05, 4.69) is 122 Å². The first-order chi connectivity index (χ1) is 20.7. The van der Waals surface area contributed by atoms with E-state index in [1.54, 1.807) is 0 Å². The van der Waals surface area contributed by atoms with Crippen LogP contribution in [0.25, 0.3) is 0 Å². The van der Waals surface area contributed by atoms with Crippen LogP contribution in [-0.4, -0.2) is 66.8 Å². The van der Waals surface area contributed by atoms with Crippen molar-refractivity contribution in [1.29, 1.82) is 0 Å². The standard InChI is InChI=1S/C36H56O6Si2/c1-28(36(21-16-22-37)38-23-24-39-36)25-32-33(42-43(8,9)34(2,3)4)26-29(41-32)27-40-44(35(5,6)7,30-17-12-10-13-18-30)31-19-14-11-15-20-31/h10-15,17-20,22,28-29,32-33H,16,21,23-27H2,1-9H3/t28-,29+,32-,33-/m0/s1. The maximum atomic E-state index is 11.3. The molecule has 2 fully saturated rings. The highest BCUT2D eigenvalue weighted by Crippen LogP contribution is 2.43. The van der Waals surface area contributed by atoms with Gasteiger partial charge in [0.05, 0.1) is 38.1 Å². The predicted molar refractivity (Wildman–Crippen MR) is 183 cm³/mol. The summed E-state index contributed by atoms with van der Waals surface area (Å²) in [5.41, 5.74) is 0. The van der Waals surface area contributed by atoms with Crippen LogP contribution in [0.15, 0.2) is 60.7 Å². The zero-order chi connectivity index (χ0) is 32.2. The van der Waals surface area contributed by atoms with Gasteiger partial charge in [-0.05, 0) is 40.0 Å². The van der Waals surface area contributed by atoms with Gasteiger partial charge in [-0.1, -0.05) is 109 Å². The molecule has 2 aliphatic heterocycles. The molecule has 2 heterocycles. The number of ether oxygens (including phenoxy) is 3. The third-order valence-electron chi connectivity index (χ3n) is 10.2.